The molecule has 1 saturated heterocycles. The first-order valence-corrected chi connectivity index (χ1v) is 8.83. The first-order chi connectivity index (χ1) is 11.9. The summed E-state index contributed by atoms with van der Waals surface area (Å²) in [5.41, 5.74) is -0.767. The van der Waals surface area contributed by atoms with E-state index in [0.717, 1.165) is 13.1 Å². The first kappa shape index (κ1) is 19.8. The molecular formula is C17H30N4O4. The second-order valence-electron chi connectivity index (χ2n) is 7.03. The molecule has 0 aromatic carbocycles. The Morgan fingerprint density at radius 1 is 1.36 bits per heavy atom. The molecule has 142 valence electrons. The van der Waals surface area contributed by atoms with E-state index >= 15 is 0 Å². The lowest BCUT2D eigenvalue weighted by molar-refractivity contribution is -0.157. The highest BCUT2D eigenvalue weighted by molar-refractivity contribution is 5.85. The molecular weight excluding hydrogens is 324 g/mol. The molecule has 0 aliphatic carbocycles. The van der Waals surface area contributed by atoms with Crippen molar-refractivity contribution < 1.29 is 18.8 Å². The first-order valence-electron chi connectivity index (χ1n) is 8.83. The van der Waals surface area contributed by atoms with Crippen LogP contribution in [-0.2, 0) is 20.8 Å². The summed E-state index contributed by atoms with van der Waals surface area (Å²) in [6.45, 7) is 8.48. The summed E-state index contributed by atoms with van der Waals surface area (Å²) in [5.74, 6) is 1.28. The Labute approximate surface area is 149 Å². The fourth-order valence-corrected chi connectivity index (χ4v) is 2.87. The number of piperidine rings is 1. The number of amides is 1. The van der Waals surface area contributed by atoms with Gasteiger partial charge in [-0.1, -0.05) is 19.0 Å². The summed E-state index contributed by atoms with van der Waals surface area (Å²) >= 11 is 0. The largest absolute Gasteiger partial charge is 0.370 e. The van der Waals surface area contributed by atoms with Crippen molar-refractivity contribution in [2.24, 2.45) is 5.92 Å². The highest BCUT2D eigenvalue weighted by atomic mass is 16.5. The van der Waals surface area contributed by atoms with Crippen LogP contribution in [0.15, 0.2) is 4.52 Å². The summed E-state index contributed by atoms with van der Waals surface area (Å²) < 4.78 is 16.5. The van der Waals surface area contributed by atoms with Crippen LogP contribution in [0.25, 0.3) is 0 Å². The van der Waals surface area contributed by atoms with Gasteiger partial charge in [-0.25, -0.2) is 0 Å². The summed E-state index contributed by atoms with van der Waals surface area (Å²) in [6.07, 6.45) is 1.07. The van der Waals surface area contributed by atoms with Crippen LogP contribution in [0.1, 0.15) is 51.4 Å². The quantitative estimate of drug-likeness (QED) is 0.757. The maximum Gasteiger partial charge on any atom is 0.255 e. The molecule has 1 N–H and O–H groups in total. The number of likely N-dealkylation sites (N-methyl/N-ethyl adjacent to an activating group) is 1. The predicted molar refractivity (Wildman–Crippen MR) is 91.8 cm³/mol. The van der Waals surface area contributed by atoms with Crippen LogP contribution in [-0.4, -0.2) is 60.4 Å². The van der Waals surface area contributed by atoms with E-state index in [-0.39, 0.29) is 18.6 Å². The highest BCUT2D eigenvalue weighted by Crippen LogP contribution is 2.25. The number of nitrogens with zero attached hydrogens (tertiary/aromatic N) is 3. The molecule has 1 fully saturated rings. The van der Waals surface area contributed by atoms with Crippen molar-refractivity contribution in [1.29, 1.82) is 0 Å². The van der Waals surface area contributed by atoms with Gasteiger partial charge in [-0.3, -0.25) is 4.79 Å². The van der Waals surface area contributed by atoms with Crippen LogP contribution >= 0.6 is 0 Å². The second kappa shape index (κ2) is 8.73. The average molecular weight is 354 g/mol. The summed E-state index contributed by atoms with van der Waals surface area (Å²) in [7, 11) is 3.32. The number of hydrogen-bond donors (Lipinski definition) is 1. The SMILES string of the molecule is COC1(C(=O)N(C)Cc2nc(C(C)OCC(C)C)no2)CCNCC1. The molecule has 8 nitrogen and oxygen atoms in total. The zero-order chi connectivity index (χ0) is 18.4. The zero-order valence-corrected chi connectivity index (χ0v) is 15.9. The Morgan fingerprint density at radius 3 is 2.64 bits per heavy atom. The monoisotopic (exact) mass is 354 g/mol. The normalized spacial score (nSPS) is 18.3. The third-order valence-corrected chi connectivity index (χ3v) is 4.44. The lowest BCUT2D eigenvalue weighted by atomic mass is 9.90. The van der Waals surface area contributed by atoms with Crippen molar-refractivity contribution in [3.8, 4) is 0 Å². The smallest absolute Gasteiger partial charge is 0.255 e. The minimum atomic E-state index is -0.767. The van der Waals surface area contributed by atoms with Crippen molar-refractivity contribution in [3.63, 3.8) is 0 Å². The van der Waals surface area contributed by atoms with Crippen molar-refractivity contribution >= 4 is 5.91 Å². The molecule has 1 aromatic heterocycles. The van der Waals surface area contributed by atoms with Crippen molar-refractivity contribution in [3.05, 3.63) is 11.7 Å². The molecule has 1 atom stereocenters. The highest BCUT2D eigenvalue weighted by Gasteiger charge is 2.41. The van der Waals surface area contributed by atoms with E-state index in [1.165, 1.54) is 0 Å². The number of nitrogens with one attached hydrogen (secondary N) is 1. The number of carbonyl (C=O) groups is 1. The predicted octanol–water partition coefficient (Wildman–Crippen LogP) is 1.53. The van der Waals surface area contributed by atoms with E-state index in [4.69, 9.17) is 14.0 Å². The van der Waals surface area contributed by atoms with Gasteiger partial charge in [0, 0.05) is 20.8 Å². The molecule has 2 rings (SSSR count). The van der Waals surface area contributed by atoms with Gasteiger partial charge in [-0.15, -0.1) is 0 Å². The Bertz CT molecular complexity index is 555. The van der Waals surface area contributed by atoms with Crippen LogP contribution in [0.5, 0.6) is 0 Å². The molecule has 2 heterocycles. The van der Waals surface area contributed by atoms with E-state index in [2.05, 4.69) is 29.3 Å². The molecule has 8 heteroatoms. The molecule has 1 aliphatic heterocycles. The number of carbonyl (C=O) groups excluding carboxylic acids is 1. The van der Waals surface area contributed by atoms with Gasteiger partial charge < -0.3 is 24.2 Å². The zero-order valence-electron chi connectivity index (χ0n) is 15.9. The minimum Gasteiger partial charge on any atom is -0.370 e. The number of ether oxygens (including phenoxy) is 2. The Balaban J connectivity index is 1.96. The van der Waals surface area contributed by atoms with Gasteiger partial charge in [0.2, 0.25) is 5.89 Å². The number of methoxy groups -OCH3 is 1. The van der Waals surface area contributed by atoms with Crippen molar-refractivity contribution in [2.45, 2.75) is 51.9 Å². The molecule has 0 radical (unpaired) electrons. The molecule has 1 amide bonds. The molecule has 0 bridgehead atoms. The van der Waals surface area contributed by atoms with Crippen molar-refractivity contribution in [2.75, 3.05) is 33.9 Å². The molecule has 1 unspecified atom stereocenters. The van der Waals surface area contributed by atoms with Gasteiger partial charge in [-0.2, -0.15) is 4.98 Å². The third kappa shape index (κ3) is 4.99. The fraction of sp³-hybridized carbons (Fsp3) is 0.824. The van der Waals surface area contributed by atoms with Gasteiger partial charge in [0.05, 0.1) is 6.54 Å². The summed E-state index contributed by atoms with van der Waals surface area (Å²) in [5, 5.41) is 7.21. The number of rotatable bonds is 8. The van der Waals surface area contributed by atoms with Crippen LogP contribution in [0.3, 0.4) is 0 Å². The standard InChI is InChI=1S/C17H30N4O4/c1-12(2)11-24-13(3)15-19-14(25-20-15)10-21(4)16(22)17(23-5)6-8-18-9-7-17/h12-13,18H,6-11H2,1-5H3. The molecule has 1 aromatic rings. The minimum absolute atomic E-state index is 0.0552. The van der Waals surface area contributed by atoms with Crippen LogP contribution < -0.4 is 5.32 Å². The molecule has 25 heavy (non-hydrogen) atoms. The third-order valence-electron chi connectivity index (χ3n) is 4.44. The van der Waals surface area contributed by atoms with E-state index in [1.54, 1.807) is 19.1 Å². The Morgan fingerprint density at radius 2 is 2.04 bits per heavy atom. The van der Waals surface area contributed by atoms with E-state index in [0.29, 0.717) is 37.1 Å². The average Bonchev–Trinajstić information content (AvgIpc) is 3.08. The van der Waals surface area contributed by atoms with Crippen LogP contribution in [0.4, 0.5) is 0 Å². The fourth-order valence-electron chi connectivity index (χ4n) is 2.87. The topological polar surface area (TPSA) is 89.7 Å². The maximum absolute atomic E-state index is 12.8. The van der Waals surface area contributed by atoms with Crippen molar-refractivity contribution in [1.82, 2.24) is 20.4 Å². The summed E-state index contributed by atoms with van der Waals surface area (Å²) in [4.78, 5) is 18.8. The van der Waals surface area contributed by atoms with Gasteiger partial charge >= 0.3 is 0 Å². The molecule has 0 saturated carbocycles. The van der Waals surface area contributed by atoms with E-state index < -0.39 is 5.60 Å². The number of aromatic nitrogens is 2. The Kier molecular flexibility index (Phi) is 6.92. The lowest BCUT2D eigenvalue weighted by Gasteiger charge is -2.37. The maximum atomic E-state index is 12.8. The van der Waals surface area contributed by atoms with Crippen LogP contribution in [0.2, 0.25) is 0 Å². The van der Waals surface area contributed by atoms with Crippen LogP contribution in [0, 0.1) is 5.92 Å². The van der Waals surface area contributed by atoms with Gasteiger partial charge in [0.1, 0.15) is 11.7 Å². The van der Waals surface area contributed by atoms with Gasteiger partial charge in [0.15, 0.2) is 5.82 Å². The van der Waals surface area contributed by atoms with Gasteiger partial charge in [0.25, 0.3) is 5.91 Å². The van der Waals surface area contributed by atoms with Gasteiger partial charge in [-0.05, 0) is 38.8 Å². The second-order valence-corrected chi connectivity index (χ2v) is 7.03. The molecule has 0 spiro atoms. The van der Waals surface area contributed by atoms with E-state index in [9.17, 15) is 4.79 Å². The summed E-state index contributed by atoms with van der Waals surface area (Å²) in [6, 6.07) is 0. The number of hydrogen-bond acceptors (Lipinski definition) is 7. The molecule has 1 aliphatic rings. The Hall–Kier alpha value is -1.51. The lowest BCUT2D eigenvalue weighted by Crippen LogP contribution is -2.54. The van der Waals surface area contributed by atoms with E-state index in [1.807, 2.05) is 6.92 Å².